The fraction of sp³-hybridized carbons (Fsp3) is 0.579. The minimum Gasteiger partial charge on any atom is -0.355 e. The highest BCUT2D eigenvalue weighted by Gasteiger charge is 2.34. The Balaban J connectivity index is 1.49. The molecule has 1 saturated carbocycles. The lowest BCUT2D eigenvalue weighted by atomic mass is 9.75. The number of benzene rings is 1. The van der Waals surface area contributed by atoms with Crippen LogP contribution in [0.2, 0.25) is 0 Å². The fourth-order valence-electron chi connectivity index (χ4n) is 4.24. The van der Waals surface area contributed by atoms with E-state index in [1.165, 1.54) is 37.0 Å². The largest absolute Gasteiger partial charge is 0.355 e. The molecule has 1 aromatic carbocycles. The first kappa shape index (κ1) is 17.0. The van der Waals surface area contributed by atoms with Crippen LogP contribution in [0.25, 0.3) is 0 Å². The Hall–Kier alpha value is -1.88. The van der Waals surface area contributed by atoms with Crippen LogP contribution in [0.15, 0.2) is 24.3 Å². The van der Waals surface area contributed by atoms with Gasteiger partial charge in [-0.2, -0.15) is 0 Å². The van der Waals surface area contributed by atoms with Crippen LogP contribution in [0.1, 0.15) is 42.5 Å². The molecule has 1 aromatic rings. The minimum atomic E-state index is -0.118. The number of amides is 2. The van der Waals surface area contributed by atoms with E-state index in [0.717, 1.165) is 30.6 Å². The number of fused-ring (bicyclic) bond motifs is 1. The summed E-state index contributed by atoms with van der Waals surface area (Å²) in [5.41, 5.74) is 1.35. The summed E-state index contributed by atoms with van der Waals surface area (Å²) < 4.78 is 0. The lowest BCUT2D eigenvalue weighted by Crippen LogP contribution is -3.15. The second-order valence-electron chi connectivity index (χ2n) is 7.18. The molecule has 5 nitrogen and oxygen atoms in total. The predicted octanol–water partition coefficient (Wildman–Crippen LogP) is 1.08. The van der Waals surface area contributed by atoms with Crippen molar-refractivity contribution in [1.29, 1.82) is 0 Å². The van der Waals surface area contributed by atoms with Crippen molar-refractivity contribution < 1.29 is 14.5 Å². The van der Waals surface area contributed by atoms with Crippen LogP contribution in [0, 0.1) is 11.8 Å². The van der Waals surface area contributed by atoms with E-state index in [0.29, 0.717) is 12.1 Å². The maximum absolute atomic E-state index is 12.3. The molecule has 1 heterocycles. The van der Waals surface area contributed by atoms with E-state index in [9.17, 15) is 9.59 Å². The van der Waals surface area contributed by atoms with Gasteiger partial charge in [0, 0.05) is 24.2 Å². The standard InChI is InChI=1S/C19H27N3O2/c1-20-19(24)15-6-8-17(9-7-15)21-18(23)13-22-11-10-14-4-2-3-5-16(14)12-22/h6-9,14,16H,2-5,10-13H2,1H3,(H,20,24)(H,21,23)/p+1/t14-,16+/m0/s1. The highest BCUT2D eigenvalue weighted by molar-refractivity contribution is 5.95. The number of likely N-dealkylation sites (tertiary alicyclic amines) is 1. The molecule has 3 atom stereocenters. The quantitative estimate of drug-likeness (QED) is 0.774. The molecule has 130 valence electrons. The monoisotopic (exact) mass is 330 g/mol. The van der Waals surface area contributed by atoms with Crippen molar-refractivity contribution in [3.8, 4) is 0 Å². The molecule has 0 bridgehead atoms. The lowest BCUT2D eigenvalue weighted by molar-refractivity contribution is -0.902. The second-order valence-corrected chi connectivity index (χ2v) is 7.18. The third kappa shape index (κ3) is 4.15. The number of nitrogens with one attached hydrogen (secondary N) is 3. The van der Waals surface area contributed by atoms with Crippen molar-refractivity contribution in [2.45, 2.75) is 32.1 Å². The average Bonchev–Trinajstić information content (AvgIpc) is 2.61. The molecular weight excluding hydrogens is 302 g/mol. The fourth-order valence-corrected chi connectivity index (χ4v) is 4.24. The summed E-state index contributed by atoms with van der Waals surface area (Å²) in [7, 11) is 1.61. The maximum atomic E-state index is 12.3. The number of hydrogen-bond acceptors (Lipinski definition) is 2. The molecule has 0 spiro atoms. The van der Waals surface area contributed by atoms with Crippen molar-refractivity contribution in [2.24, 2.45) is 11.8 Å². The number of carbonyl (C=O) groups excluding carboxylic acids is 2. The first-order chi connectivity index (χ1) is 11.7. The van der Waals surface area contributed by atoms with E-state index >= 15 is 0 Å². The number of rotatable bonds is 4. The Morgan fingerprint density at radius 2 is 1.79 bits per heavy atom. The topological polar surface area (TPSA) is 62.6 Å². The zero-order chi connectivity index (χ0) is 16.9. The van der Waals surface area contributed by atoms with E-state index in [4.69, 9.17) is 0 Å². The van der Waals surface area contributed by atoms with Crippen molar-refractivity contribution in [3.05, 3.63) is 29.8 Å². The van der Waals surface area contributed by atoms with E-state index in [1.807, 2.05) is 0 Å². The molecule has 3 N–H and O–H groups in total. The summed E-state index contributed by atoms with van der Waals surface area (Å²) in [6.07, 6.45) is 6.76. The van der Waals surface area contributed by atoms with Gasteiger partial charge < -0.3 is 15.5 Å². The first-order valence-corrected chi connectivity index (χ1v) is 9.11. The third-order valence-electron chi connectivity index (χ3n) is 5.55. The number of anilines is 1. The van der Waals surface area contributed by atoms with Crippen LogP contribution < -0.4 is 15.5 Å². The lowest BCUT2D eigenvalue weighted by Gasteiger charge is -2.38. The zero-order valence-corrected chi connectivity index (χ0v) is 14.4. The molecule has 1 aliphatic heterocycles. The van der Waals surface area contributed by atoms with Crippen LogP contribution >= 0.6 is 0 Å². The van der Waals surface area contributed by atoms with Crippen LogP contribution in [0.3, 0.4) is 0 Å². The molecule has 2 fully saturated rings. The van der Waals surface area contributed by atoms with Gasteiger partial charge in [-0.15, -0.1) is 0 Å². The first-order valence-electron chi connectivity index (χ1n) is 9.11. The van der Waals surface area contributed by atoms with Crippen molar-refractivity contribution >= 4 is 17.5 Å². The predicted molar refractivity (Wildman–Crippen MR) is 94.1 cm³/mol. The van der Waals surface area contributed by atoms with Crippen LogP contribution in [0.5, 0.6) is 0 Å². The highest BCUT2D eigenvalue weighted by Crippen LogP contribution is 2.32. The van der Waals surface area contributed by atoms with Gasteiger partial charge in [0.15, 0.2) is 6.54 Å². The smallest absolute Gasteiger partial charge is 0.279 e. The Morgan fingerprint density at radius 3 is 2.50 bits per heavy atom. The number of carbonyl (C=O) groups is 2. The number of hydrogen-bond donors (Lipinski definition) is 3. The van der Waals surface area contributed by atoms with Gasteiger partial charge in [0.05, 0.1) is 13.1 Å². The highest BCUT2D eigenvalue weighted by atomic mass is 16.2. The van der Waals surface area contributed by atoms with Gasteiger partial charge >= 0.3 is 0 Å². The van der Waals surface area contributed by atoms with Gasteiger partial charge in [0.25, 0.3) is 11.8 Å². The summed E-state index contributed by atoms with van der Waals surface area (Å²) >= 11 is 0. The molecule has 24 heavy (non-hydrogen) atoms. The normalized spacial score (nSPS) is 26.3. The summed E-state index contributed by atoms with van der Waals surface area (Å²) in [4.78, 5) is 25.2. The minimum absolute atomic E-state index is 0.0620. The van der Waals surface area contributed by atoms with Crippen LogP contribution in [-0.4, -0.2) is 38.5 Å². The van der Waals surface area contributed by atoms with Crippen molar-refractivity contribution in [2.75, 3.05) is 32.0 Å². The summed E-state index contributed by atoms with van der Waals surface area (Å²) in [6, 6.07) is 7.03. The average molecular weight is 330 g/mol. The molecule has 1 saturated heterocycles. The summed E-state index contributed by atoms with van der Waals surface area (Å²) in [5, 5.41) is 5.54. The Bertz CT molecular complexity index is 585. The Kier molecular flexibility index (Phi) is 5.51. The number of piperidine rings is 1. The molecule has 2 aliphatic rings. The van der Waals surface area contributed by atoms with E-state index < -0.39 is 0 Å². The molecule has 0 radical (unpaired) electrons. The van der Waals surface area contributed by atoms with Gasteiger partial charge in [-0.05, 0) is 49.4 Å². The SMILES string of the molecule is CNC(=O)c1ccc(NC(=O)C[NH+]2CC[C@@H]3CCCC[C@@H]3C2)cc1. The van der Waals surface area contributed by atoms with E-state index in [2.05, 4.69) is 10.6 Å². The summed E-state index contributed by atoms with van der Waals surface area (Å²) in [5.74, 6) is 1.67. The zero-order valence-electron chi connectivity index (χ0n) is 14.4. The Morgan fingerprint density at radius 1 is 1.08 bits per heavy atom. The van der Waals surface area contributed by atoms with Gasteiger partial charge in [0.2, 0.25) is 0 Å². The van der Waals surface area contributed by atoms with Crippen LogP contribution in [0.4, 0.5) is 5.69 Å². The van der Waals surface area contributed by atoms with E-state index in [-0.39, 0.29) is 11.8 Å². The molecule has 2 amide bonds. The Labute approximate surface area is 143 Å². The van der Waals surface area contributed by atoms with E-state index in [1.54, 1.807) is 31.3 Å². The molecule has 1 aliphatic carbocycles. The molecule has 1 unspecified atom stereocenters. The van der Waals surface area contributed by atoms with Crippen molar-refractivity contribution in [1.82, 2.24) is 5.32 Å². The second kappa shape index (κ2) is 7.79. The van der Waals surface area contributed by atoms with Gasteiger partial charge in [-0.3, -0.25) is 9.59 Å². The van der Waals surface area contributed by atoms with Crippen molar-refractivity contribution in [3.63, 3.8) is 0 Å². The summed E-state index contributed by atoms with van der Waals surface area (Å²) in [6.45, 7) is 2.80. The maximum Gasteiger partial charge on any atom is 0.279 e. The van der Waals surface area contributed by atoms with Gasteiger partial charge in [0.1, 0.15) is 0 Å². The third-order valence-corrected chi connectivity index (χ3v) is 5.55. The van der Waals surface area contributed by atoms with Gasteiger partial charge in [-0.1, -0.05) is 12.8 Å². The van der Waals surface area contributed by atoms with Crippen LogP contribution in [-0.2, 0) is 4.79 Å². The van der Waals surface area contributed by atoms with Gasteiger partial charge in [-0.25, -0.2) is 0 Å². The number of quaternary nitrogens is 1. The molecular formula is C19H28N3O2+. The molecule has 5 heteroatoms. The molecule has 3 rings (SSSR count). The molecule has 0 aromatic heterocycles.